The van der Waals surface area contributed by atoms with Crippen LogP contribution >= 0.6 is 24.0 Å². The van der Waals surface area contributed by atoms with Gasteiger partial charge in [0.1, 0.15) is 11.9 Å². The van der Waals surface area contributed by atoms with E-state index in [1.54, 1.807) is 0 Å². The van der Waals surface area contributed by atoms with E-state index in [2.05, 4.69) is 44.6 Å². The largest absolute Gasteiger partial charge is 0.488 e. The van der Waals surface area contributed by atoms with Crippen molar-refractivity contribution in [3.05, 3.63) is 29.8 Å². The number of ether oxygens (including phenoxy) is 1. The maximum Gasteiger partial charge on any atom is 0.191 e. The van der Waals surface area contributed by atoms with Crippen molar-refractivity contribution >= 4 is 29.9 Å². The van der Waals surface area contributed by atoms with Gasteiger partial charge in [-0.15, -0.1) is 24.0 Å². The highest BCUT2D eigenvalue weighted by atomic mass is 127. The molecular weight excluding hydrogens is 453 g/mol. The van der Waals surface area contributed by atoms with Gasteiger partial charge < -0.3 is 25.2 Å². The van der Waals surface area contributed by atoms with Gasteiger partial charge >= 0.3 is 0 Å². The lowest BCUT2D eigenvalue weighted by Gasteiger charge is -2.32. The van der Waals surface area contributed by atoms with E-state index in [9.17, 15) is 0 Å². The van der Waals surface area contributed by atoms with Crippen LogP contribution in [0.3, 0.4) is 0 Å². The first-order valence-electron chi connectivity index (χ1n) is 9.84. The van der Waals surface area contributed by atoms with Crippen LogP contribution in [0.1, 0.15) is 18.4 Å². The average Bonchev–Trinajstić information content (AvgIpc) is 3.08. The lowest BCUT2D eigenvalue weighted by Crippen LogP contribution is -2.45. The molecule has 0 amide bonds. The van der Waals surface area contributed by atoms with Crippen LogP contribution in [0.25, 0.3) is 0 Å². The molecule has 1 aromatic rings. The van der Waals surface area contributed by atoms with Crippen molar-refractivity contribution < 1.29 is 4.74 Å². The molecule has 152 valence electrons. The molecule has 0 spiro atoms. The number of hydrogen-bond donors (Lipinski definition) is 2. The predicted octanol–water partition coefficient (Wildman–Crippen LogP) is 1.80. The highest BCUT2D eigenvalue weighted by molar-refractivity contribution is 14.0. The van der Waals surface area contributed by atoms with Crippen LogP contribution in [0, 0.1) is 0 Å². The molecule has 1 fully saturated rings. The quantitative estimate of drug-likeness (QED) is 0.266. The minimum absolute atomic E-state index is 0. The number of fused-ring (bicyclic) bond motifs is 1. The summed E-state index contributed by atoms with van der Waals surface area (Å²) in [6.07, 6.45) is 3.54. The molecule has 2 N–H and O–H groups in total. The molecule has 1 aromatic carbocycles. The van der Waals surface area contributed by atoms with Gasteiger partial charge in [0, 0.05) is 46.2 Å². The number of guanidine groups is 1. The minimum atomic E-state index is 0. The highest BCUT2D eigenvalue weighted by Crippen LogP contribution is 2.27. The van der Waals surface area contributed by atoms with Gasteiger partial charge in [-0.1, -0.05) is 18.2 Å². The Morgan fingerprint density at radius 3 is 2.67 bits per heavy atom. The standard InChI is InChI=1S/C20H33N5O.HI/c1-21-20(22-9-5-6-10-25-13-11-24(2)12-14-25)23-16-18-15-17-7-3-4-8-19(17)26-18;/h3-4,7-8,18H,5-6,9-16H2,1-2H3,(H2,21,22,23);1H. The van der Waals surface area contributed by atoms with Crippen LogP contribution in [0.2, 0.25) is 0 Å². The fraction of sp³-hybridized carbons (Fsp3) is 0.650. The van der Waals surface area contributed by atoms with Gasteiger partial charge in [0.05, 0.1) is 6.54 Å². The number of hydrogen-bond acceptors (Lipinski definition) is 4. The summed E-state index contributed by atoms with van der Waals surface area (Å²) in [7, 11) is 4.03. The van der Waals surface area contributed by atoms with Gasteiger partial charge in [-0.2, -0.15) is 0 Å². The molecule has 3 rings (SSSR count). The Hall–Kier alpha value is -1.06. The van der Waals surface area contributed by atoms with E-state index >= 15 is 0 Å². The fourth-order valence-corrected chi connectivity index (χ4v) is 3.54. The molecule has 6 nitrogen and oxygen atoms in total. The number of likely N-dealkylation sites (N-methyl/N-ethyl adjacent to an activating group) is 1. The molecule has 2 heterocycles. The highest BCUT2D eigenvalue weighted by Gasteiger charge is 2.22. The maximum absolute atomic E-state index is 5.97. The zero-order chi connectivity index (χ0) is 18.2. The third-order valence-corrected chi connectivity index (χ3v) is 5.22. The molecule has 0 aliphatic carbocycles. The topological polar surface area (TPSA) is 52.1 Å². The van der Waals surface area contributed by atoms with Gasteiger partial charge in [0.2, 0.25) is 0 Å². The maximum atomic E-state index is 5.97. The van der Waals surface area contributed by atoms with Crippen molar-refractivity contribution in [1.29, 1.82) is 0 Å². The number of piperazine rings is 1. The van der Waals surface area contributed by atoms with Crippen molar-refractivity contribution in [1.82, 2.24) is 20.4 Å². The molecule has 2 aliphatic rings. The second-order valence-electron chi connectivity index (χ2n) is 7.28. The summed E-state index contributed by atoms with van der Waals surface area (Å²) < 4.78 is 5.97. The zero-order valence-electron chi connectivity index (χ0n) is 16.6. The molecular formula is C20H34IN5O. The van der Waals surface area contributed by atoms with Gasteiger partial charge in [-0.05, 0) is 38.1 Å². The molecule has 2 aliphatic heterocycles. The molecule has 1 unspecified atom stereocenters. The Kier molecular flexibility index (Phi) is 9.64. The first kappa shape index (κ1) is 22.2. The van der Waals surface area contributed by atoms with E-state index in [4.69, 9.17) is 4.74 Å². The minimum Gasteiger partial charge on any atom is -0.488 e. The average molecular weight is 487 g/mol. The zero-order valence-corrected chi connectivity index (χ0v) is 18.9. The van der Waals surface area contributed by atoms with E-state index in [-0.39, 0.29) is 30.1 Å². The van der Waals surface area contributed by atoms with E-state index in [0.29, 0.717) is 0 Å². The molecule has 27 heavy (non-hydrogen) atoms. The Labute approximate surface area is 180 Å². The number of aliphatic imine (C=N–C) groups is 1. The molecule has 0 saturated carbocycles. The Balaban J connectivity index is 0.00000261. The van der Waals surface area contributed by atoms with Crippen LogP contribution < -0.4 is 15.4 Å². The summed E-state index contributed by atoms with van der Waals surface area (Å²) in [5.74, 6) is 1.88. The summed E-state index contributed by atoms with van der Waals surface area (Å²) in [5.41, 5.74) is 1.30. The number of benzene rings is 1. The Morgan fingerprint density at radius 1 is 1.15 bits per heavy atom. The third kappa shape index (κ3) is 7.12. The lowest BCUT2D eigenvalue weighted by atomic mass is 10.1. The van der Waals surface area contributed by atoms with E-state index in [1.165, 1.54) is 51.1 Å². The van der Waals surface area contributed by atoms with Crippen molar-refractivity contribution in [2.75, 3.05) is 59.9 Å². The first-order chi connectivity index (χ1) is 12.7. The Morgan fingerprint density at radius 2 is 1.93 bits per heavy atom. The number of unbranched alkanes of at least 4 members (excludes halogenated alkanes) is 1. The summed E-state index contributed by atoms with van der Waals surface area (Å²) in [5, 5.41) is 6.81. The van der Waals surface area contributed by atoms with Crippen molar-refractivity contribution in [3.8, 4) is 5.75 Å². The van der Waals surface area contributed by atoms with Crippen molar-refractivity contribution in [2.45, 2.75) is 25.4 Å². The van der Waals surface area contributed by atoms with Crippen LogP contribution in [0.5, 0.6) is 5.75 Å². The SMILES string of the molecule is CN=C(NCCCCN1CCN(C)CC1)NCC1Cc2ccccc2O1.I. The van der Waals surface area contributed by atoms with Gasteiger partial charge in [0.15, 0.2) is 5.96 Å². The smallest absolute Gasteiger partial charge is 0.191 e. The summed E-state index contributed by atoms with van der Waals surface area (Å²) >= 11 is 0. The second kappa shape index (κ2) is 11.7. The fourth-order valence-electron chi connectivity index (χ4n) is 3.54. The van der Waals surface area contributed by atoms with Crippen molar-refractivity contribution in [3.63, 3.8) is 0 Å². The number of rotatable bonds is 7. The molecule has 1 atom stereocenters. The molecule has 1 saturated heterocycles. The van der Waals surface area contributed by atoms with E-state index < -0.39 is 0 Å². The van der Waals surface area contributed by atoms with Crippen molar-refractivity contribution in [2.24, 2.45) is 4.99 Å². The molecule has 0 aromatic heterocycles. The normalized spacial score (nSPS) is 20.5. The summed E-state index contributed by atoms with van der Waals surface area (Å²) in [6.45, 7) is 7.74. The van der Waals surface area contributed by atoms with E-state index in [0.717, 1.165) is 31.2 Å². The molecule has 0 bridgehead atoms. The third-order valence-electron chi connectivity index (χ3n) is 5.22. The second-order valence-corrected chi connectivity index (χ2v) is 7.28. The van der Waals surface area contributed by atoms with Gasteiger partial charge in [-0.25, -0.2) is 0 Å². The number of nitrogens with one attached hydrogen (secondary N) is 2. The van der Waals surface area contributed by atoms with Crippen LogP contribution in [0.4, 0.5) is 0 Å². The Bertz CT molecular complexity index is 564. The monoisotopic (exact) mass is 487 g/mol. The lowest BCUT2D eigenvalue weighted by molar-refractivity contribution is 0.152. The predicted molar refractivity (Wildman–Crippen MR) is 123 cm³/mol. The summed E-state index contributed by atoms with van der Waals surface area (Å²) in [4.78, 5) is 9.29. The van der Waals surface area contributed by atoms with Gasteiger partial charge in [0.25, 0.3) is 0 Å². The van der Waals surface area contributed by atoms with Gasteiger partial charge in [-0.3, -0.25) is 4.99 Å². The summed E-state index contributed by atoms with van der Waals surface area (Å²) in [6, 6.07) is 8.28. The van der Waals surface area contributed by atoms with Crippen LogP contribution in [0.15, 0.2) is 29.3 Å². The molecule has 7 heteroatoms. The van der Waals surface area contributed by atoms with Crippen LogP contribution in [-0.4, -0.2) is 81.8 Å². The first-order valence-corrected chi connectivity index (χ1v) is 9.84. The number of halogens is 1. The van der Waals surface area contributed by atoms with Crippen LogP contribution in [-0.2, 0) is 6.42 Å². The van der Waals surface area contributed by atoms with E-state index in [1.807, 2.05) is 19.2 Å². The molecule has 0 radical (unpaired) electrons. The number of nitrogens with zero attached hydrogens (tertiary/aromatic N) is 3. The number of para-hydroxylation sites is 1.